The molecule has 3 aromatic rings. The molecule has 0 aliphatic carbocycles. The highest BCUT2D eigenvalue weighted by Crippen LogP contribution is 2.32. The Hall–Kier alpha value is -3.46. The van der Waals surface area contributed by atoms with Crippen LogP contribution in [0.5, 0.6) is 17.2 Å². The molecular formula is C23H26N4O4S. The van der Waals surface area contributed by atoms with E-state index in [4.69, 9.17) is 14.2 Å². The van der Waals surface area contributed by atoms with Gasteiger partial charge in [-0.25, -0.2) is 4.98 Å². The van der Waals surface area contributed by atoms with Gasteiger partial charge in [0.15, 0.2) is 16.6 Å². The topological polar surface area (TPSA) is 76.2 Å². The van der Waals surface area contributed by atoms with Crippen molar-refractivity contribution in [3.8, 4) is 17.2 Å². The third kappa shape index (κ3) is 4.57. The fourth-order valence-corrected chi connectivity index (χ4v) is 4.37. The smallest absolute Gasteiger partial charge is 0.273 e. The molecule has 0 bridgehead atoms. The number of nitrogens with one attached hydrogen (secondary N) is 1. The Bertz CT molecular complexity index is 1080. The van der Waals surface area contributed by atoms with Crippen LogP contribution < -0.4 is 24.4 Å². The zero-order valence-electron chi connectivity index (χ0n) is 18.3. The molecule has 32 heavy (non-hydrogen) atoms. The van der Waals surface area contributed by atoms with Gasteiger partial charge in [0, 0.05) is 43.3 Å². The lowest BCUT2D eigenvalue weighted by atomic mass is 10.2. The van der Waals surface area contributed by atoms with Gasteiger partial charge in [-0.15, -0.1) is 11.3 Å². The zero-order chi connectivity index (χ0) is 22.5. The number of hydrogen-bond acceptors (Lipinski definition) is 8. The quantitative estimate of drug-likeness (QED) is 0.581. The zero-order valence-corrected chi connectivity index (χ0v) is 19.1. The summed E-state index contributed by atoms with van der Waals surface area (Å²) in [6, 6.07) is 13.5. The number of amides is 1. The second-order valence-electron chi connectivity index (χ2n) is 7.18. The Morgan fingerprint density at radius 2 is 1.66 bits per heavy atom. The molecule has 1 amide bonds. The number of anilines is 3. The first-order valence-electron chi connectivity index (χ1n) is 10.2. The van der Waals surface area contributed by atoms with E-state index in [1.54, 1.807) is 26.7 Å². The summed E-state index contributed by atoms with van der Waals surface area (Å²) in [6.45, 7) is 2.75. The minimum atomic E-state index is -0.0544. The van der Waals surface area contributed by atoms with E-state index in [-0.39, 0.29) is 5.91 Å². The summed E-state index contributed by atoms with van der Waals surface area (Å²) in [5, 5.41) is 5.66. The number of rotatable bonds is 7. The van der Waals surface area contributed by atoms with Crippen LogP contribution in [0.1, 0.15) is 10.5 Å². The van der Waals surface area contributed by atoms with Crippen molar-refractivity contribution in [2.45, 2.75) is 0 Å². The molecule has 1 fully saturated rings. The molecule has 1 saturated heterocycles. The van der Waals surface area contributed by atoms with E-state index in [2.05, 4.69) is 15.2 Å². The summed E-state index contributed by atoms with van der Waals surface area (Å²) in [4.78, 5) is 21.6. The summed E-state index contributed by atoms with van der Waals surface area (Å²) in [6.07, 6.45) is 0. The number of ether oxygens (including phenoxy) is 3. The van der Waals surface area contributed by atoms with Gasteiger partial charge in [0.05, 0.1) is 27.0 Å². The standard InChI is InChI=1S/C23H26N4O4S/c1-29-19-7-5-4-6-18(19)26-10-12-27(13-11-26)22(28)17-15-32-23(25-17)24-16-8-9-20(30-2)21(14-16)31-3/h4-9,14-15H,10-13H2,1-3H3,(H,24,25). The average Bonchev–Trinajstić information content (AvgIpc) is 3.32. The van der Waals surface area contributed by atoms with Crippen molar-refractivity contribution < 1.29 is 19.0 Å². The Morgan fingerprint density at radius 3 is 2.38 bits per heavy atom. The van der Waals surface area contributed by atoms with E-state index >= 15 is 0 Å². The van der Waals surface area contributed by atoms with Gasteiger partial charge >= 0.3 is 0 Å². The fraction of sp³-hybridized carbons (Fsp3) is 0.304. The largest absolute Gasteiger partial charge is 0.495 e. The molecule has 168 valence electrons. The van der Waals surface area contributed by atoms with E-state index < -0.39 is 0 Å². The first-order valence-corrected chi connectivity index (χ1v) is 11.1. The van der Waals surface area contributed by atoms with Gasteiger partial charge in [0.1, 0.15) is 11.4 Å². The molecule has 1 aliphatic rings. The second kappa shape index (κ2) is 9.78. The lowest BCUT2D eigenvalue weighted by Gasteiger charge is -2.36. The summed E-state index contributed by atoms with van der Waals surface area (Å²) >= 11 is 1.39. The molecule has 8 nitrogen and oxygen atoms in total. The lowest BCUT2D eigenvalue weighted by Crippen LogP contribution is -2.49. The molecule has 0 unspecified atom stereocenters. The summed E-state index contributed by atoms with van der Waals surface area (Å²) in [5.74, 6) is 2.07. The number of piperazine rings is 1. The highest BCUT2D eigenvalue weighted by atomic mass is 32.1. The molecule has 0 saturated carbocycles. The Kier molecular flexibility index (Phi) is 6.65. The monoisotopic (exact) mass is 454 g/mol. The van der Waals surface area contributed by atoms with Gasteiger partial charge in [0.25, 0.3) is 5.91 Å². The third-order valence-corrected chi connectivity index (χ3v) is 6.11. The SMILES string of the molecule is COc1ccc(Nc2nc(C(=O)N3CCN(c4ccccc4OC)CC3)cs2)cc1OC. The van der Waals surface area contributed by atoms with Crippen molar-refractivity contribution in [3.05, 3.63) is 53.5 Å². The third-order valence-electron chi connectivity index (χ3n) is 5.35. The lowest BCUT2D eigenvalue weighted by molar-refractivity contribution is 0.0741. The van der Waals surface area contributed by atoms with Crippen molar-refractivity contribution in [2.24, 2.45) is 0 Å². The molecule has 0 atom stereocenters. The number of methoxy groups -OCH3 is 3. The maximum atomic E-state index is 13.0. The number of aromatic nitrogens is 1. The molecule has 1 aromatic heterocycles. The number of nitrogens with zero attached hydrogens (tertiary/aromatic N) is 3. The van der Waals surface area contributed by atoms with Crippen LogP contribution >= 0.6 is 11.3 Å². The van der Waals surface area contributed by atoms with Gasteiger partial charge in [-0.05, 0) is 24.3 Å². The van der Waals surface area contributed by atoms with Crippen molar-refractivity contribution in [3.63, 3.8) is 0 Å². The van der Waals surface area contributed by atoms with Crippen LogP contribution in [0.3, 0.4) is 0 Å². The Balaban J connectivity index is 1.38. The highest BCUT2D eigenvalue weighted by Gasteiger charge is 2.25. The normalized spacial score (nSPS) is 13.6. The van der Waals surface area contributed by atoms with Crippen LogP contribution in [0.15, 0.2) is 47.8 Å². The Morgan fingerprint density at radius 1 is 0.938 bits per heavy atom. The van der Waals surface area contributed by atoms with Gasteiger partial charge in [0.2, 0.25) is 0 Å². The number of thiazole rings is 1. The fourth-order valence-electron chi connectivity index (χ4n) is 3.67. The van der Waals surface area contributed by atoms with Crippen molar-refractivity contribution in [1.29, 1.82) is 0 Å². The predicted molar refractivity (Wildman–Crippen MR) is 126 cm³/mol. The van der Waals surface area contributed by atoms with Crippen LogP contribution in [0.2, 0.25) is 0 Å². The summed E-state index contributed by atoms with van der Waals surface area (Å²) in [7, 11) is 4.86. The minimum absolute atomic E-state index is 0.0544. The van der Waals surface area contributed by atoms with E-state index in [0.29, 0.717) is 35.4 Å². The molecular weight excluding hydrogens is 428 g/mol. The van der Waals surface area contributed by atoms with Crippen LogP contribution in [-0.2, 0) is 0 Å². The molecule has 0 spiro atoms. The number of carbonyl (C=O) groups is 1. The molecule has 2 heterocycles. The summed E-state index contributed by atoms with van der Waals surface area (Å²) < 4.78 is 16.1. The van der Waals surface area contributed by atoms with Crippen LogP contribution in [0.25, 0.3) is 0 Å². The van der Waals surface area contributed by atoms with Crippen LogP contribution in [-0.4, -0.2) is 63.3 Å². The van der Waals surface area contributed by atoms with Crippen molar-refractivity contribution in [2.75, 3.05) is 57.7 Å². The highest BCUT2D eigenvalue weighted by molar-refractivity contribution is 7.14. The van der Waals surface area contributed by atoms with E-state index in [0.717, 1.165) is 30.2 Å². The maximum absolute atomic E-state index is 13.0. The summed E-state index contributed by atoms with van der Waals surface area (Å²) in [5.41, 5.74) is 2.31. The number of carbonyl (C=O) groups excluding carboxylic acids is 1. The van der Waals surface area contributed by atoms with Crippen LogP contribution in [0.4, 0.5) is 16.5 Å². The van der Waals surface area contributed by atoms with Crippen molar-refractivity contribution >= 4 is 33.8 Å². The molecule has 1 aliphatic heterocycles. The predicted octanol–water partition coefficient (Wildman–Crippen LogP) is 3.87. The molecule has 9 heteroatoms. The van der Waals surface area contributed by atoms with Gasteiger partial charge in [-0.2, -0.15) is 0 Å². The van der Waals surface area contributed by atoms with Crippen molar-refractivity contribution in [1.82, 2.24) is 9.88 Å². The Labute approximate surface area is 191 Å². The number of hydrogen-bond donors (Lipinski definition) is 1. The molecule has 2 aromatic carbocycles. The second-order valence-corrected chi connectivity index (χ2v) is 8.04. The molecule has 4 rings (SSSR count). The number of para-hydroxylation sites is 2. The first kappa shape index (κ1) is 21.8. The minimum Gasteiger partial charge on any atom is -0.495 e. The van der Waals surface area contributed by atoms with Gasteiger partial charge < -0.3 is 29.3 Å². The first-order chi connectivity index (χ1) is 15.6. The van der Waals surface area contributed by atoms with E-state index in [1.807, 2.05) is 47.4 Å². The van der Waals surface area contributed by atoms with Gasteiger partial charge in [-0.3, -0.25) is 4.79 Å². The van der Waals surface area contributed by atoms with Gasteiger partial charge in [-0.1, -0.05) is 12.1 Å². The van der Waals surface area contributed by atoms with Crippen LogP contribution in [0, 0.1) is 0 Å². The maximum Gasteiger partial charge on any atom is 0.273 e. The van der Waals surface area contributed by atoms with E-state index in [1.165, 1.54) is 11.3 Å². The number of benzene rings is 2. The molecule has 1 N–H and O–H groups in total. The molecule has 0 radical (unpaired) electrons. The average molecular weight is 455 g/mol. The van der Waals surface area contributed by atoms with E-state index in [9.17, 15) is 4.79 Å².